The Morgan fingerprint density at radius 2 is 1.96 bits per heavy atom. The van der Waals surface area contributed by atoms with Crippen LogP contribution in [0.5, 0.6) is 0 Å². The Labute approximate surface area is 145 Å². The van der Waals surface area contributed by atoms with E-state index in [-0.39, 0.29) is 23.6 Å². The number of carbonyl (C=O) groups is 1. The number of hydrogen-bond acceptors (Lipinski definition) is 3. The molecule has 1 saturated heterocycles. The lowest BCUT2D eigenvalue weighted by atomic mass is 9.66. The van der Waals surface area contributed by atoms with Crippen LogP contribution in [0.1, 0.15) is 48.2 Å². The topological polar surface area (TPSA) is 89.2 Å². The normalized spacial score (nSPS) is 29.2. The number of H-pyrrole nitrogens is 2. The summed E-state index contributed by atoms with van der Waals surface area (Å²) in [6.45, 7) is 0.485. The van der Waals surface area contributed by atoms with Crippen LogP contribution in [0.25, 0.3) is 0 Å². The summed E-state index contributed by atoms with van der Waals surface area (Å²) in [6, 6.07) is 9.81. The molecule has 4 rings (SSSR count). The molecule has 6 nitrogen and oxygen atoms in total. The fourth-order valence-electron chi connectivity index (χ4n) is 4.62. The van der Waals surface area contributed by atoms with Gasteiger partial charge in [-0.25, -0.2) is 4.79 Å². The lowest BCUT2D eigenvalue weighted by Crippen LogP contribution is -2.59. The monoisotopic (exact) mass is 341 g/mol. The molecule has 3 N–H and O–H groups in total. The Bertz CT molecular complexity index is 813. The molecule has 1 aliphatic carbocycles. The molecule has 1 amide bonds. The first-order valence-corrected chi connectivity index (χ1v) is 8.96. The average molecular weight is 341 g/mol. The predicted molar refractivity (Wildman–Crippen MR) is 93.2 cm³/mol. The van der Waals surface area contributed by atoms with Crippen molar-refractivity contribution < 1.29 is 9.90 Å². The van der Waals surface area contributed by atoms with Gasteiger partial charge in [-0.3, -0.25) is 4.79 Å². The standard InChI is InChI=1S/C19H23N3O3/c23-17(15-12-20-18(24)21-15)22-11-10-19(25,13-6-2-1-3-7-13)14-8-4-5-9-16(14)22/h1-3,6-7,12,14,16,25H,4-5,8-11H2,(H2,20,21,24)/t14-,16?,19+/m1/s1. The largest absolute Gasteiger partial charge is 0.385 e. The number of hydrogen-bond donors (Lipinski definition) is 3. The Morgan fingerprint density at radius 3 is 2.68 bits per heavy atom. The quantitative estimate of drug-likeness (QED) is 0.780. The number of benzene rings is 1. The first-order valence-electron chi connectivity index (χ1n) is 8.96. The minimum absolute atomic E-state index is 0.00129. The second kappa shape index (κ2) is 6.19. The molecule has 0 bridgehead atoms. The number of carbonyl (C=O) groups excluding carboxylic acids is 1. The molecule has 2 aromatic rings. The SMILES string of the molecule is O=C(c1c[nH]c(=O)[nH]1)N1CC[C@](O)(c2ccccc2)[C@@H]2CCCCC21. The van der Waals surface area contributed by atoms with Crippen molar-refractivity contribution in [3.05, 3.63) is 58.3 Å². The zero-order chi connectivity index (χ0) is 17.4. The summed E-state index contributed by atoms with van der Waals surface area (Å²) in [6.07, 6.45) is 5.86. The van der Waals surface area contributed by atoms with E-state index in [9.17, 15) is 14.7 Å². The van der Waals surface area contributed by atoms with Crippen LogP contribution in [0, 0.1) is 5.92 Å². The van der Waals surface area contributed by atoms with Crippen LogP contribution in [0.4, 0.5) is 0 Å². The van der Waals surface area contributed by atoms with Crippen molar-refractivity contribution in [2.75, 3.05) is 6.54 Å². The van der Waals surface area contributed by atoms with E-state index >= 15 is 0 Å². The minimum atomic E-state index is -0.894. The molecule has 0 radical (unpaired) electrons. The van der Waals surface area contributed by atoms with Gasteiger partial charge >= 0.3 is 5.69 Å². The van der Waals surface area contributed by atoms with E-state index in [0.717, 1.165) is 31.2 Å². The van der Waals surface area contributed by atoms with Crippen molar-refractivity contribution in [1.82, 2.24) is 14.9 Å². The smallest absolute Gasteiger partial charge is 0.323 e. The highest BCUT2D eigenvalue weighted by Gasteiger charge is 2.50. The Hall–Kier alpha value is -2.34. The molecule has 2 fully saturated rings. The highest BCUT2D eigenvalue weighted by atomic mass is 16.3. The molecular formula is C19H23N3O3. The third-order valence-corrected chi connectivity index (χ3v) is 5.84. The third-order valence-electron chi connectivity index (χ3n) is 5.84. The summed E-state index contributed by atoms with van der Waals surface area (Å²) in [4.78, 5) is 31.1. The molecule has 1 saturated carbocycles. The van der Waals surface area contributed by atoms with Crippen LogP contribution in [0.2, 0.25) is 0 Å². The molecule has 2 aliphatic rings. The van der Waals surface area contributed by atoms with E-state index in [1.807, 2.05) is 35.2 Å². The van der Waals surface area contributed by atoms with Crippen LogP contribution < -0.4 is 5.69 Å². The Morgan fingerprint density at radius 1 is 1.20 bits per heavy atom. The zero-order valence-electron chi connectivity index (χ0n) is 14.1. The van der Waals surface area contributed by atoms with E-state index in [4.69, 9.17) is 0 Å². The van der Waals surface area contributed by atoms with Gasteiger partial charge in [0, 0.05) is 24.7 Å². The van der Waals surface area contributed by atoms with Gasteiger partial charge in [-0.05, 0) is 24.8 Å². The summed E-state index contributed by atoms with van der Waals surface area (Å²) < 4.78 is 0. The van der Waals surface area contributed by atoms with Gasteiger partial charge < -0.3 is 20.0 Å². The van der Waals surface area contributed by atoms with E-state index in [1.54, 1.807) is 0 Å². The highest BCUT2D eigenvalue weighted by molar-refractivity contribution is 5.92. The fraction of sp³-hybridized carbons (Fsp3) is 0.474. The first kappa shape index (κ1) is 16.1. The second-order valence-corrected chi connectivity index (χ2v) is 7.15. The van der Waals surface area contributed by atoms with Gasteiger partial charge in [0.15, 0.2) is 0 Å². The number of likely N-dealkylation sites (tertiary alicyclic amines) is 1. The van der Waals surface area contributed by atoms with Gasteiger partial charge in [0.1, 0.15) is 5.69 Å². The van der Waals surface area contributed by atoms with Crippen LogP contribution in [-0.2, 0) is 5.60 Å². The zero-order valence-corrected chi connectivity index (χ0v) is 14.1. The number of nitrogens with zero attached hydrogens (tertiary/aromatic N) is 1. The lowest BCUT2D eigenvalue weighted by molar-refractivity contribution is -0.110. The molecule has 1 unspecified atom stereocenters. The third kappa shape index (κ3) is 2.70. The van der Waals surface area contributed by atoms with Gasteiger partial charge in [-0.1, -0.05) is 43.2 Å². The molecule has 0 spiro atoms. The molecular weight excluding hydrogens is 318 g/mol. The van der Waals surface area contributed by atoms with E-state index in [1.165, 1.54) is 6.20 Å². The maximum Gasteiger partial charge on any atom is 0.323 e. The molecule has 1 aromatic heterocycles. The highest BCUT2D eigenvalue weighted by Crippen LogP contribution is 2.47. The molecule has 25 heavy (non-hydrogen) atoms. The number of imidazole rings is 1. The molecule has 1 aliphatic heterocycles. The summed E-state index contributed by atoms with van der Waals surface area (Å²) in [5.74, 6) is -0.141. The minimum Gasteiger partial charge on any atom is -0.385 e. The number of amides is 1. The summed E-state index contributed by atoms with van der Waals surface area (Å²) in [5.41, 5.74) is -0.0378. The van der Waals surface area contributed by atoms with E-state index in [0.29, 0.717) is 18.7 Å². The lowest BCUT2D eigenvalue weighted by Gasteiger charge is -2.52. The van der Waals surface area contributed by atoms with Crippen molar-refractivity contribution in [3.63, 3.8) is 0 Å². The number of aromatic nitrogens is 2. The van der Waals surface area contributed by atoms with E-state index in [2.05, 4.69) is 9.97 Å². The molecule has 2 heterocycles. The van der Waals surface area contributed by atoms with Crippen LogP contribution in [-0.4, -0.2) is 38.5 Å². The number of nitrogens with one attached hydrogen (secondary N) is 2. The number of piperidine rings is 1. The van der Waals surface area contributed by atoms with E-state index < -0.39 is 5.60 Å². The van der Waals surface area contributed by atoms with Crippen LogP contribution in [0.15, 0.2) is 41.3 Å². The van der Waals surface area contributed by atoms with Crippen molar-refractivity contribution in [2.45, 2.75) is 43.7 Å². The Kier molecular flexibility index (Phi) is 4.00. The van der Waals surface area contributed by atoms with Crippen molar-refractivity contribution in [3.8, 4) is 0 Å². The van der Waals surface area contributed by atoms with Crippen LogP contribution in [0.3, 0.4) is 0 Å². The fourth-order valence-corrected chi connectivity index (χ4v) is 4.62. The van der Waals surface area contributed by atoms with Crippen molar-refractivity contribution in [1.29, 1.82) is 0 Å². The average Bonchev–Trinajstić information content (AvgIpc) is 3.09. The van der Waals surface area contributed by atoms with Gasteiger partial charge in [-0.2, -0.15) is 0 Å². The van der Waals surface area contributed by atoms with Crippen LogP contribution >= 0.6 is 0 Å². The number of aliphatic hydroxyl groups is 1. The second-order valence-electron chi connectivity index (χ2n) is 7.15. The molecule has 3 atom stereocenters. The summed E-state index contributed by atoms with van der Waals surface area (Å²) in [5, 5.41) is 11.5. The van der Waals surface area contributed by atoms with Gasteiger partial charge in [0.05, 0.1) is 5.60 Å². The maximum atomic E-state index is 12.9. The maximum absolute atomic E-state index is 12.9. The number of rotatable bonds is 2. The van der Waals surface area contributed by atoms with Gasteiger partial charge in [0.2, 0.25) is 0 Å². The van der Waals surface area contributed by atoms with Crippen molar-refractivity contribution in [2.24, 2.45) is 5.92 Å². The van der Waals surface area contributed by atoms with Crippen molar-refractivity contribution >= 4 is 5.91 Å². The molecule has 132 valence electrons. The first-order chi connectivity index (χ1) is 12.1. The summed E-state index contributed by atoms with van der Waals surface area (Å²) in [7, 11) is 0. The summed E-state index contributed by atoms with van der Waals surface area (Å²) >= 11 is 0. The molecule has 6 heteroatoms. The molecule has 1 aromatic carbocycles. The Balaban J connectivity index is 1.66. The van der Waals surface area contributed by atoms with Gasteiger partial charge in [-0.15, -0.1) is 0 Å². The predicted octanol–water partition coefficient (Wildman–Crippen LogP) is 2.00. The van der Waals surface area contributed by atoms with Gasteiger partial charge in [0.25, 0.3) is 5.91 Å². The number of aromatic amines is 2. The number of fused-ring (bicyclic) bond motifs is 1.